The van der Waals surface area contributed by atoms with E-state index in [0.717, 1.165) is 9.87 Å². The SMILES string of the molecule is CC(=O)COC(=O)c1ccc(N(C)S(=O)(=O)c2ccc(C)cc2)cc1. The quantitative estimate of drug-likeness (QED) is 0.739. The second-order valence-electron chi connectivity index (χ2n) is 5.61. The van der Waals surface area contributed by atoms with Gasteiger partial charge in [-0.25, -0.2) is 13.2 Å². The van der Waals surface area contributed by atoms with Crippen LogP contribution in [0.1, 0.15) is 22.8 Å². The number of ether oxygens (including phenoxy) is 1. The Labute approximate surface area is 147 Å². The molecule has 0 atom stereocenters. The Balaban J connectivity index is 2.19. The Morgan fingerprint density at radius 2 is 1.56 bits per heavy atom. The van der Waals surface area contributed by atoms with E-state index in [1.807, 2.05) is 6.92 Å². The first-order chi connectivity index (χ1) is 11.7. The van der Waals surface area contributed by atoms with Crippen LogP contribution >= 0.6 is 0 Å². The largest absolute Gasteiger partial charge is 0.454 e. The summed E-state index contributed by atoms with van der Waals surface area (Å²) in [6.07, 6.45) is 0. The molecule has 0 spiro atoms. The van der Waals surface area contributed by atoms with Gasteiger partial charge in [0, 0.05) is 7.05 Å². The first kappa shape index (κ1) is 18.7. The maximum atomic E-state index is 12.6. The van der Waals surface area contributed by atoms with Gasteiger partial charge in [0.1, 0.15) is 6.61 Å². The molecular formula is C18H19NO5S. The van der Waals surface area contributed by atoms with Crippen molar-refractivity contribution in [1.29, 1.82) is 0 Å². The van der Waals surface area contributed by atoms with Gasteiger partial charge in [0.15, 0.2) is 5.78 Å². The van der Waals surface area contributed by atoms with Crippen LogP contribution in [0.2, 0.25) is 0 Å². The van der Waals surface area contributed by atoms with E-state index in [1.165, 1.54) is 38.2 Å². The molecule has 0 saturated carbocycles. The molecule has 7 heteroatoms. The molecule has 0 N–H and O–H groups in total. The summed E-state index contributed by atoms with van der Waals surface area (Å²) in [4.78, 5) is 22.8. The maximum absolute atomic E-state index is 12.6. The van der Waals surface area contributed by atoms with E-state index in [-0.39, 0.29) is 22.8 Å². The summed E-state index contributed by atoms with van der Waals surface area (Å²) in [7, 11) is -2.25. The molecule has 0 radical (unpaired) electrons. The lowest BCUT2D eigenvalue weighted by Crippen LogP contribution is -2.26. The fourth-order valence-corrected chi connectivity index (χ4v) is 3.26. The molecule has 0 aliphatic heterocycles. The lowest BCUT2D eigenvalue weighted by Gasteiger charge is -2.19. The number of rotatable bonds is 6. The van der Waals surface area contributed by atoms with Crippen LogP contribution in [0.25, 0.3) is 0 Å². The van der Waals surface area contributed by atoms with E-state index in [2.05, 4.69) is 0 Å². The van der Waals surface area contributed by atoms with Crippen LogP contribution in [0.15, 0.2) is 53.4 Å². The molecule has 6 nitrogen and oxygen atoms in total. The van der Waals surface area contributed by atoms with Crippen LogP contribution in [-0.2, 0) is 19.6 Å². The minimum atomic E-state index is -3.69. The molecule has 2 aromatic carbocycles. The third-order valence-electron chi connectivity index (χ3n) is 3.55. The summed E-state index contributed by atoms with van der Waals surface area (Å²) >= 11 is 0. The third kappa shape index (κ3) is 4.45. The van der Waals surface area contributed by atoms with Gasteiger partial charge >= 0.3 is 5.97 Å². The molecule has 0 unspecified atom stereocenters. The standard InChI is InChI=1S/C18H19NO5S/c1-13-4-10-17(11-5-13)25(22,23)19(3)16-8-6-15(7-9-16)18(21)24-12-14(2)20/h4-11H,12H2,1-3H3. The predicted octanol–water partition coefficient (Wildman–Crippen LogP) is 2.57. The number of hydrogen-bond acceptors (Lipinski definition) is 5. The number of aryl methyl sites for hydroxylation is 1. The fraction of sp³-hybridized carbons (Fsp3) is 0.222. The maximum Gasteiger partial charge on any atom is 0.338 e. The number of hydrogen-bond donors (Lipinski definition) is 0. The highest BCUT2D eigenvalue weighted by atomic mass is 32.2. The highest BCUT2D eigenvalue weighted by Gasteiger charge is 2.21. The number of Topliss-reactive ketones (excluding diaryl/α,β-unsaturated/α-hetero) is 1. The van der Waals surface area contributed by atoms with E-state index in [9.17, 15) is 18.0 Å². The molecule has 0 aliphatic carbocycles. The van der Waals surface area contributed by atoms with Crippen molar-refractivity contribution >= 4 is 27.5 Å². The number of carbonyl (C=O) groups is 2. The average Bonchev–Trinajstić information content (AvgIpc) is 2.59. The Kier molecular flexibility index (Phi) is 5.58. The summed E-state index contributed by atoms with van der Waals surface area (Å²) in [5, 5.41) is 0. The Bertz CT molecular complexity index is 871. The van der Waals surface area contributed by atoms with E-state index in [1.54, 1.807) is 24.3 Å². The number of nitrogens with zero attached hydrogens (tertiary/aromatic N) is 1. The van der Waals surface area contributed by atoms with Crippen molar-refractivity contribution in [3.8, 4) is 0 Å². The van der Waals surface area contributed by atoms with Gasteiger partial charge in [-0.05, 0) is 50.2 Å². The fourth-order valence-electron chi connectivity index (χ4n) is 2.07. The van der Waals surface area contributed by atoms with E-state index in [0.29, 0.717) is 5.69 Å². The third-order valence-corrected chi connectivity index (χ3v) is 5.35. The second-order valence-corrected chi connectivity index (χ2v) is 7.58. The summed E-state index contributed by atoms with van der Waals surface area (Å²) < 4.78 is 31.2. The first-order valence-electron chi connectivity index (χ1n) is 7.54. The van der Waals surface area contributed by atoms with Gasteiger partial charge in [0.2, 0.25) is 0 Å². The van der Waals surface area contributed by atoms with E-state index < -0.39 is 16.0 Å². The number of anilines is 1. The zero-order valence-corrected chi connectivity index (χ0v) is 15.0. The molecule has 2 rings (SSSR count). The van der Waals surface area contributed by atoms with Crippen molar-refractivity contribution in [2.75, 3.05) is 18.0 Å². The summed E-state index contributed by atoms with van der Waals surface area (Å²) in [5.74, 6) is -0.889. The van der Waals surface area contributed by atoms with Crippen molar-refractivity contribution in [1.82, 2.24) is 0 Å². The van der Waals surface area contributed by atoms with Gasteiger partial charge in [-0.3, -0.25) is 9.10 Å². The number of sulfonamides is 1. The van der Waals surface area contributed by atoms with Crippen molar-refractivity contribution in [3.05, 3.63) is 59.7 Å². The van der Waals surface area contributed by atoms with Crippen molar-refractivity contribution in [3.63, 3.8) is 0 Å². The zero-order valence-electron chi connectivity index (χ0n) is 14.2. The highest BCUT2D eigenvalue weighted by molar-refractivity contribution is 7.92. The molecule has 25 heavy (non-hydrogen) atoms. The Morgan fingerprint density at radius 1 is 1.00 bits per heavy atom. The van der Waals surface area contributed by atoms with Crippen LogP contribution in [-0.4, -0.2) is 33.8 Å². The molecule has 0 aliphatic rings. The van der Waals surface area contributed by atoms with Gasteiger partial charge in [0.05, 0.1) is 16.1 Å². The number of ketones is 1. The number of esters is 1. The minimum absolute atomic E-state index is 0.186. The summed E-state index contributed by atoms with van der Waals surface area (Å²) in [6, 6.07) is 12.5. The Hall–Kier alpha value is -2.67. The molecule has 0 aromatic heterocycles. The van der Waals surface area contributed by atoms with Crippen molar-refractivity contribution in [2.45, 2.75) is 18.7 Å². The minimum Gasteiger partial charge on any atom is -0.454 e. The number of carbonyl (C=O) groups excluding carboxylic acids is 2. The summed E-state index contributed by atoms with van der Waals surface area (Å²) in [5.41, 5.74) is 1.62. The van der Waals surface area contributed by atoms with Crippen LogP contribution < -0.4 is 4.31 Å². The lowest BCUT2D eigenvalue weighted by atomic mass is 10.2. The molecule has 132 valence electrons. The van der Waals surface area contributed by atoms with Gasteiger partial charge in [-0.15, -0.1) is 0 Å². The molecule has 0 saturated heterocycles. The average molecular weight is 361 g/mol. The predicted molar refractivity (Wildman–Crippen MR) is 94.2 cm³/mol. The smallest absolute Gasteiger partial charge is 0.338 e. The molecule has 0 fully saturated rings. The van der Waals surface area contributed by atoms with Crippen molar-refractivity contribution in [2.24, 2.45) is 0 Å². The summed E-state index contributed by atoms with van der Waals surface area (Å²) in [6.45, 7) is 2.91. The molecule has 0 bridgehead atoms. The van der Waals surface area contributed by atoms with Crippen molar-refractivity contribution < 1.29 is 22.7 Å². The van der Waals surface area contributed by atoms with E-state index in [4.69, 9.17) is 4.74 Å². The molecule has 2 aromatic rings. The van der Waals surface area contributed by atoms with Crippen LogP contribution in [0.4, 0.5) is 5.69 Å². The first-order valence-corrected chi connectivity index (χ1v) is 8.98. The second kappa shape index (κ2) is 7.48. The highest BCUT2D eigenvalue weighted by Crippen LogP contribution is 2.22. The Morgan fingerprint density at radius 3 is 2.08 bits per heavy atom. The topological polar surface area (TPSA) is 80.8 Å². The van der Waals surface area contributed by atoms with Gasteiger partial charge in [-0.2, -0.15) is 0 Å². The zero-order chi connectivity index (χ0) is 18.6. The number of benzene rings is 2. The lowest BCUT2D eigenvalue weighted by molar-refractivity contribution is -0.120. The molecular weight excluding hydrogens is 342 g/mol. The van der Waals surface area contributed by atoms with Crippen LogP contribution in [0.3, 0.4) is 0 Å². The monoisotopic (exact) mass is 361 g/mol. The molecule has 0 heterocycles. The normalized spacial score (nSPS) is 11.0. The molecule has 0 amide bonds. The van der Waals surface area contributed by atoms with Crippen LogP contribution in [0.5, 0.6) is 0 Å². The van der Waals surface area contributed by atoms with Crippen LogP contribution in [0, 0.1) is 6.92 Å². The van der Waals surface area contributed by atoms with Gasteiger partial charge in [-0.1, -0.05) is 17.7 Å². The van der Waals surface area contributed by atoms with Gasteiger partial charge < -0.3 is 4.74 Å². The van der Waals surface area contributed by atoms with E-state index >= 15 is 0 Å². The van der Waals surface area contributed by atoms with Gasteiger partial charge in [0.25, 0.3) is 10.0 Å².